The van der Waals surface area contributed by atoms with Crippen molar-refractivity contribution < 1.29 is 9.53 Å². The highest BCUT2D eigenvalue weighted by Crippen LogP contribution is 2.24. The number of ketones is 1. The summed E-state index contributed by atoms with van der Waals surface area (Å²) in [4.78, 5) is 12.4. The van der Waals surface area contributed by atoms with Gasteiger partial charge in [0.05, 0.1) is 5.57 Å². The Hall–Kier alpha value is -2.09. The summed E-state index contributed by atoms with van der Waals surface area (Å²) >= 11 is 0. The number of hydrogen-bond acceptors (Lipinski definition) is 2. The van der Waals surface area contributed by atoms with Gasteiger partial charge >= 0.3 is 0 Å². The number of benzene rings is 1. The van der Waals surface area contributed by atoms with Crippen molar-refractivity contribution in [2.45, 2.75) is 13.5 Å². The Morgan fingerprint density at radius 2 is 2.12 bits per heavy atom. The van der Waals surface area contributed by atoms with E-state index >= 15 is 0 Å². The molecule has 0 atom stereocenters. The number of carbonyl (C=O) groups excluding carboxylic acids is 1. The molecule has 2 rings (SSSR count). The van der Waals surface area contributed by atoms with Crippen LogP contribution in [0.4, 0.5) is 0 Å². The van der Waals surface area contributed by atoms with Gasteiger partial charge in [-0.1, -0.05) is 43.0 Å². The molecule has 0 aromatic heterocycles. The third-order valence-electron chi connectivity index (χ3n) is 2.67. The highest BCUT2D eigenvalue weighted by molar-refractivity contribution is 6.12. The second kappa shape index (κ2) is 4.83. The lowest BCUT2D eigenvalue weighted by Crippen LogP contribution is -2.04. The van der Waals surface area contributed by atoms with Crippen molar-refractivity contribution >= 4 is 5.78 Å². The van der Waals surface area contributed by atoms with E-state index in [0.717, 1.165) is 5.56 Å². The molecule has 0 saturated carbocycles. The molecule has 0 bridgehead atoms. The highest BCUT2D eigenvalue weighted by Gasteiger charge is 2.21. The molecule has 2 heteroatoms. The third kappa shape index (κ3) is 2.07. The van der Waals surface area contributed by atoms with Crippen molar-refractivity contribution in [3.63, 3.8) is 0 Å². The zero-order valence-corrected chi connectivity index (χ0v) is 9.77. The van der Waals surface area contributed by atoms with Crippen LogP contribution in [0.3, 0.4) is 0 Å². The summed E-state index contributed by atoms with van der Waals surface area (Å²) in [5.74, 6) is 0.537. The third-order valence-corrected chi connectivity index (χ3v) is 2.67. The van der Waals surface area contributed by atoms with E-state index < -0.39 is 0 Å². The van der Waals surface area contributed by atoms with Gasteiger partial charge in [-0.2, -0.15) is 0 Å². The van der Waals surface area contributed by atoms with Crippen molar-refractivity contribution in [2.75, 3.05) is 0 Å². The largest absolute Gasteiger partial charge is 0.488 e. The van der Waals surface area contributed by atoms with E-state index in [-0.39, 0.29) is 5.78 Å². The zero-order chi connectivity index (χ0) is 12.3. The molecule has 17 heavy (non-hydrogen) atoms. The molecule has 1 heterocycles. The molecule has 1 aliphatic heterocycles. The minimum absolute atomic E-state index is 0.00824. The lowest BCUT2D eigenvalue weighted by molar-refractivity contribution is 0.103. The van der Waals surface area contributed by atoms with Gasteiger partial charge in [0.15, 0.2) is 5.78 Å². The van der Waals surface area contributed by atoms with E-state index in [2.05, 4.69) is 6.58 Å². The summed E-state index contributed by atoms with van der Waals surface area (Å²) in [7, 11) is 0. The minimum atomic E-state index is -0.00824. The predicted molar refractivity (Wildman–Crippen MR) is 67.6 cm³/mol. The average Bonchev–Trinajstić information content (AvgIpc) is 2.49. The summed E-state index contributed by atoms with van der Waals surface area (Å²) in [5, 5.41) is 0. The van der Waals surface area contributed by atoms with Crippen LogP contribution < -0.4 is 0 Å². The van der Waals surface area contributed by atoms with Crippen molar-refractivity contribution in [2.24, 2.45) is 0 Å². The first-order valence-corrected chi connectivity index (χ1v) is 5.52. The first-order chi connectivity index (χ1) is 8.27. The number of Topliss-reactive ketones (excluding diaryl/α,β-unsaturated/α-hetero) is 1. The fraction of sp³-hybridized carbons (Fsp3) is 0.133. The first-order valence-electron chi connectivity index (χ1n) is 5.52. The maximum absolute atomic E-state index is 12.4. The van der Waals surface area contributed by atoms with Crippen LogP contribution in [0, 0.1) is 0 Å². The Bertz CT molecular complexity index is 521. The molecule has 0 unspecified atom stereocenters. The van der Waals surface area contributed by atoms with Crippen LogP contribution in [0.5, 0.6) is 0 Å². The van der Waals surface area contributed by atoms with Crippen LogP contribution in [0.15, 0.2) is 60.4 Å². The van der Waals surface area contributed by atoms with E-state index in [1.807, 2.05) is 37.3 Å². The normalized spacial score (nSPS) is 15.5. The van der Waals surface area contributed by atoms with Crippen LogP contribution in [-0.4, -0.2) is 5.78 Å². The van der Waals surface area contributed by atoms with Crippen molar-refractivity contribution in [1.82, 2.24) is 0 Å². The molecule has 1 aliphatic rings. The first kappa shape index (κ1) is 11.4. The molecule has 86 valence electrons. The standard InChI is InChI=1S/C15H14O2/c1-3-7-13-14(4-2)17-10-11-8-5-6-9-12(11)15(13)16/h3-9H,2,10H2,1H3/b7-3-. The molecule has 0 radical (unpaired) electrons. The SMILES string of the molecule is C=CC1=C(/C=C\C)C(=O)c2ccccc2CO1. The van der Waals surface area contributed by atoms with Gasteiger partial charge in [0.1, 0.15) is 12.4 Å². The molecule has 0 spiro atoms. The molecule has 0 saturated heterocycles. The van der Waals surface area contributed by atoms with Gasteiger partial charge in [-0.3, -0.25) is 4.79 Å². The summed E-state index contributed by atoms with van der Waals surface area (Å²) < 4.78 is 5.60. The van der Waals surface area contributed by atoms with E-state index in [1.54, 1.807) is 12.2 Å². The number of allylic oxidation sites excluding steroid dienone is 4. The monoisotopic (exact) mass is 226 g/mol. The molecular weight excluding hydrogens is 212 g/mol. The second-order valence-electron chi connectivity index (χ2n) is 3.76. The Labute approximate surface area is 101 Å². The van der Waals surface area contributed by atoms with E-state index in [0.29, 0.717) is 23.5 Å². The van der Waals surface area contributed by atoms with Gasteiger partial charge in [0, 0.05) is 11.1 Å². The average molecular weight is 226 g/mol. The molecular formula is C15H14O2. The lowest BCUT2D eigenvalue weighted by atomic mass is 9.98. The number of fused-ring (bicyclic) bond motifs is 1. The fourth-order valence-corrected chi connectivity index (χ4v) is 1.85. The van der Waals surface area contributed by atoms with Crippen LogP contribution in [0.25, 0.3) is 0 Å². The maximum atomic E-state index is 12.4. The van der Waals surface area contributed by atoms with Crippen molar-refractivity contribution in [3.05, 3.63) is 71.5 Å². The topological polar surface area (TPSA) is 26.3 Å². The van der Waals surface area contributed by atoms with Crippen LogP contribution in [0.2, 0.25) is 0 Å². The van der Waals surface area contributed by atoms with Crippen LogP contribution >= 0.6 is 0 Å². The molecule has 1 aromatic carbocycles. The van der Waals surface area contributed by atoms with E-state index in [4.69, 9.17) is 4.74 Å². The Kier molecular flexibility index (Phi) is 3.24. The minimum Gasteiger partial charge on any atom is -0.488 e. The van der Waals surface area contributed by atoms with E-state index in [1.165, 1.54) is 0 Å². The smallest absolute Gasteiger partial charge is 0.197 e. The molecule has 2 nitrogen and oxygen atoms in total. The zero-order valence-electron chi connectivity index (χ0n) is 9.77. The van der Waals surface area contributed by atoms with Gasteiger partial charge in [0.2, 0.25) is 0 Å². The molecule has 0 amide bonds. The fourth-order valence-electron chi connectivity index (χ4n) is 1.85. The lowest BCUT2D eigenvalue weighted by Gasteiger charge is -2.04. The second-order valence-corrected chi connectivity index (χ2v) is 3.76. The van der Waals surface area contributed by atoms with Gasteiger partial charge in [0.25, 0.3) is 0 Å². The number of rotatable bonds is 2. The number of carbonyl (C=O) groups is 1. The molecule has 1 aromatic rings. The molecule has 0 aliphatic carbocycles. The van der Waals surface area contributed by atoms with Crippen LogP contribution in [-0.2, 0) is 11.3 Å². The summed E-state index contributed by atoms with van der Waals surface area (Å²) in [6.07, 6.45) is 5.18. The van der Waals surface area contributed by atoms with Gasteiger partial charge < -0.3 is 4.74 Å². The summed E-state index contributed by atoms with van der Waals surface area (Å²) in [6.45, 7) is 5.97. The van der Waals surface area contributed by atoms with Gasteiger partial charge in [-0.15, -0.1) is 0 Å². The van der Waals surface area contributed by atoms with Gasteiger partial charge in [-0.25, -0.2) is 0 Å². The summed E-state index contributed by atoms with van der Waals surface area (Å²) in [6, 6.07) is 7.51. The predicted octanol–water partition coefficient (Wildman–Crippen LogP) is 3.42. The maximum Gasteiger partial charge on any atom is 0.197 e. The quantitative estimate of drug-likeness (QED) is 0.772. The Morgan fingerprint density at radius 3 is 2.82 bits per heavy atom. The van der Waals surface area contributed by atoms with Gasteiger partial charge in [-0.05, 0) is 13.0 Å². The van der Waals surface area contributed by atoms with E-state index in [9.17, 15) is 4.79 Å². The highest BCUT2D eigenvalue weighted by atomic mass is 16.5. The van der Waals surface area contributed by atoms with Crippen molar-refractivity contribution in [3.8, 4) is 0 Å². The molecule has 0 N–H and O–H groups in total. The molecule has 0 fully saturated rings. The number of ether oxygens (including phenoxy) is 1. The Morgan fingerprint density at radius 1 is 1.35 bits per heavy atom. The number of hydrogen-bond donors (Lipinski definition) is 0. The van der Waals surface area contributed by atoms with Crippen LogP contribution in [0.1, 0.15) is 22.8 Å². The van der Waals surface area contributed by atoms with Crippen molar-refractivity contribution in [1.29, 1.82) is 0 Å². The summed E-state index contributed by atoms with van der Waals surface area (Å²) in [5.41, 5.74) is 2.18. The Balaban J connectivity index is 2.58.